The summed E-state index contributed by atoms with van der Waals surface area (Å²) in [7, 11) is 0. The number of rotatable bonds is 0. The van der Waals surface area contributed by atoms with Crippen molar-refractivity contribution in [2.24, 2.45) is 0 Å². The maximum Gasteiger partial charge on any atom is 0.125 e. The molecule has 7 nitrogen and oxygen atoms in total. The van der Waals surface area contributed by atoms with E-state index >= 15 is 0 Å². The van der Waals surface area contributed by atoms with E-state index in [1.165, 1.54) is 0 Å². The van der Waals surface area contributed by atoms with Gasteiger partial charge in [0.1, 0.15) is 36.9 Å². The van der Waals surface area contributed by atoms with Crippen molar-refractivity contribution in [2.45, 2.75) is 12.2 Å². The number of hydrogen-bond donors (Lipinski definition) is 2. The van der Waals surface area contributed by atoms with Crippen molar-refractivity contribution in [1.29, 1.82) is 0 Å². The standard InChI is InChI=1S/C22H26O7/c23-21-15-3-1-5-17-19(15)22(24)20-16(21)4-2-6-18(20)29-14-12-27-10-8-25-7-9-26-11-13-28-17/h1-6,21-24H,7-14H2. The monoisotopic (exact) mass is 402 g/mol. The Bertz CT molecular complexity index is 757. The Labute approximate surface area is 169 Å². The minimum Gasteiger partial charge on any atom is -0.491 e. The van der Waals surface area contributed by atoms with Crippen LogP contribution < -0.4 is 9.47 Å². The largest absolute Gasteiger partial charge is 0.491 e. The van der Waals surface area contributed by atoms with Crippen LogP contribution in [0.2, 0.25) is 0 Å². The summed E-state index contributed by atoms with van der Waals surface area (Å²) in [4.78, 5) is 0. The van der Waals surface area contributed by atoms with E-state index in [0.29, 0.717) is 86.6 Å². The molecular weight excluding hydrogens is 376 g/mol. The molecule has 0 amide bonds. The van der Waals surface area contributed by atoms with E-state index in [0.717, 1.165) is 0 Å². The van der Waals surface area contributed by atoms with Crippen LogP contribution in [-0.2, 0) is 14.2 Å². The Morgan fingerprint density at radius 1 is 0.552 bits per heavy atom. The Morgan fingerprint density at radius 2 is 0.966 bits per heavy atom. The maximum atomic E-state index is 11.2. The quantitative estimate of drug-likeness (QED) is 0.697. The highest BCUT2D eigenvalue weighted by molar-refractivity contribution is 5.58. The Hall–Kier alpha value is -2.16. The molecule has 156 valence electrons. The Balaban J connectivity index is 1.65. The summed E-state index contributed by atoms with van der Waals surface area (Å²) < 4.78 is 28.2. The van der Waals surface area contributed by atoms with Crippen LogP contribution in [0.3, 0.4) is 0 Å². The highest BCUT2D eigenvalue weighted by atomic mass is 16.6. The molecule has 0 unspecified atom stereocenters. The molecule has 0 atom stereocenters. The highest BCUT2D eigenvalue weighted by Crippen LogP contribution is 2.47. The molecule has 2 aliphatic rings. The average molecular weight is 402 g/mol. The van der Waals surface area contributed by atoms with Crippen molar-refractivity contribution in [2.75, 3.05) is 52.9 Å². The lowest BCUT2D eigenvalue weighted by Gasteiger charge is -2.31. The van der Waals surface area contributed by atoms with Crippen molar-refractivity contribution in [3.05, 3.63) is 58.7 Å². The molecule has 1 heterocycles. The predicted octanol–water partition coefficient (Wildman–Crippen LogP) is 1.98. The summed E-state index contributed by atoms with van der Waals surface area (Å²) in [6.07, 6.45) is -1.84. The fraction of sp³-hybridized carbons (Fsp3) is 0.455. The number of aliphatic hydroxyl groups excluding tert-OH is 2. The van der Waals surface area contributed by atoms with Gasteiger partial charge in [-0.05, 0) is 23.3 Å². The van der Waals surface area contributed by atoms with Crippen LogP contribution in [0, 0.1) is 0 Å². The number of benzene rings is 2. The van der Waals surface area contributed by atoms with Crippen LogP contribution in [0.5, 0.6) is 11.5 Å². The summed E-state index contributed by atoms with van der Waals surface area (Å²) in [6.45, 7) is 3.36. The maximum absolute atomic E-state index is 11.2. The van der Waals surface area contributed by atoms with Crippen LogP contribution in [-0.4, -0.2) is 63.1 Å². The first kappa shape index (κ1) is 20.1. The molecular formula is C22H26O7. The molecule has 0 aromatic heterocycles. The lowest BCUT2D eigenvalue weighted by atomic mass is 9.81. The average Bonchev–Trinajstić information content (AvgIpc) is 2.74. The Morgan fingerprint density at radius 3 is 1.41 bits per heavy atom. The van der Waals surface area contributed by atoms with Gasteiger partial charge in [-0.1, -0.05) is 24.3 Å². The number of aliphatic hydroxyl groups is 2. The zero-order valence-electron chi connectivity index (χ0n) is 16.2. The fourth-order valence-corrected chi connectivity index (χ4v) is 3.71. The van der Waals surface area contributed by atoms with Gasteiger partial charge in [-0.3, -0.25) is 0 Å². The molecule has 0 radical (unpaired) electrons. The third kappa shape index (κ3) is 4.39. The van der Waals surface area contributed by atoms with Crippen LogP contribution in [0.15, 0.2) is 36.4 Å². The van der Waals surface area contributed by atoms with Gasteiger partial charge in [0.15, 0.2) is 0 Å². The smallest absolute Gasteiger partial charge is 0.125 e. The van der Waals surface area contributed by atoms with E-state index in [1.807, 2.05) is 12.1 Å². The SMILES string of the molecule is OC1c2cccc3c2C(O)c2c(cccc21)OCCOCCOCCOCCO3. The summed E-state index contributed by atoms with van der Waals surface area (Å²) in [5, 5.41) is 22.1. The van der Waals surface area contributed by atoms with Crippen LogP contribution in [0.25, 0.3) is 0 Å². The molecule has 1 aliphatic carbocycles. The second-order valence-electron chi connectivity index (χ2n) is 6.86. The van der Waals surface area contributed by atoms with E-state index in [2.05, 4.69) is 0 Å². The van der Waals surface area contributed by atoms with Crippen molar-refractivity contribution < 1.29 is 33.9 Å². The zero-order valence-corrected chi connectivity index (χ0v) is 16.2. The lowest BCUT2D eigenvalue weighted by molar-refractivity contribution is 0.00436. The molecule has 2 N–H and O–H groups in total. The lowest BCUT2D eigenvalue weighted by Crippen LogP contribution is -2.21. The molecule has 0 saturated heterocycles. The summed E-state index contributed by atoms with van der Waals surface area (Å²) in [5.74, 6) is 1.05. The molecule has 2 bridgehead atoms. The third-order valence-corrected chi connectivity index (χ3v) is 5.05. The van der Waals surface area contributed by atoms with E-state index in [9.17, 15) is 10.2 Å². The first-order valence-corrected chi connectivity index (χ1v) is 9.88. The minimum absolute atomic E-state index is 0.327. The van der Waals surface area contributed by atoms with E-state index in [-0.39, 0.29) is 0 Å². The van der Waals surface area contributed by atoms with Crippen molar-refractivity contribution in [3.8, 4) is 11.5 Å². The van der Waals surface area contributed by atoms with Crippen LogP contribution >= 0.6 is 0 Å². The number of ether oxygens (including phenoxy) is 5. The summed E-state index contributed by atoms with van der Waals surface area (Å²) in [5.41, 5.74) is 2.38. The molecule has 2 aromatic carbocycles. The van der Waals surface area contributed by atoms with Crippen molar-refractivity contribution >= 4 is 0 Å². The molecule has 7 heteroatoms. The zero-order chi connectivity index (χ0) is 20.1. The van der Waals surface area contributed by atoms with Gasteiger partial charge in [0.05, 0.1) is 39.6 Å². The topological polar surface area (TPSA) is 86.6 Å². The van der Waals surface area contributed by atoms with Crippen LogP contribution in [0.1, 0.15) is 34.5 Å². The molecule has 4 rings (SSSR count). The van der Waals surface area contributed by atoms with Gasteiger partial charge in [0.25, 0.3) is 0 Å². The van der Waals surface area contributed by atoms with E-state index < -0.39 is 12.2 Å². The highest BCUT2D eigenvalue weighted by Gasteiger charge is 2.35. The van der Waals surface area contributed by atoms with Gasteiger partial charge in [0, 0.05) is 11.1 Å². The summed E-state index contributed by atoms with van der Waals surface area (Å²) in [6, 6.07) is 10.8. The van der Waals surface area contributed by atoms with E-state index in [4.69, 9.17) is 23.7 Å². The number of hydrogen-bond acceptors (Lipinski definition) is 7. The molecule has 0 fully saturated rings. The second-order valence-corrected chi connectivity index (χ2v) is 6.86. The molecule has 0 saturated carbocycles. The van der Waals surface area contributed by atoms with Crippen LogP contribution in [0.4, 0.5) is 0 Å². The fourth-order valence-electron chi connectivity index (χ4n) is 3.71. The predicted molar refractivity (Wildman–Crippen MR) is 104 cm³/mol. The van der Waals surface area contributed by atoms with Crippen molar-refractivity contribution in [1.82, 2.24) is 0 Å². The van der Waals surface area contributed by atoms with Gasteiger partial charge >= 0.3 is 0 Å². The normalized spacial score (nSPS) is 23.2. The van der Waals surface area contributed by atoms with Gasteiger partial charge in [0.2, 0.25) is 0 Å². The molecule has 0 spiro atoms. The van der Waals surface area contributed by atoms with Gasteiger partial charge in [-0.15, -0.1) is 0 Å². The minimum atomic E-state index is -0.968. The first-order chi connectivity index (χ1) is 14.3. The van der Waals surface area contributed by atoms with Crippen molar-refractivity contribution in [3.63, 3.8) is 0 Å². The summed E-state index contributed by atoms with van der Waals surface area (Å²) >= 11 is 0. The second kappa shape index (κ2) is 9.56. The van der Waals surface area contributed by atoms with E-state index in [1.54, 1.807) is 24.3 Å². The molecule has 2 aromatic rings. The Kier molecular flexibility index (Phi) is 6.63. The third-order valence-electron chi connectivity index (χ3n) is 5.05. The van der Waals surface area contributed by atoms with Gasteiger partial charge < -0.3 is 33.9 Å². The molecule has 1 aliphatic heterocycles. The van der Waals surface area contributed by atoms with Gasteiger partial charge in [-0.2, -0.15) is 0 Å². The van der Waals surface area contributed by atoms with Gasteiger partial charge in [-0.25, -0.2) is 0 Å². The first-order valence-electron chi connectivity index (χ1n) is 9.88. The molecule has 29 heavy (non-hydrogen) atoms.